The maximum Gasteiger partial charge on any atom is 0.261 e. The van der Waals surface area contributed by atoms with E-state index in [1.807, 2.05) is 12.1 Å². The van der Waals surface area contributed by atoms with Crippen LogP contribution in [0.15, 0.2) is 59.6 Å². The van der Waals surface area contributed by atoms with Gasteiger partial charge in [0.05, 0.1) is 19.8 Å². The molecule has 3 heterocycles. The number of thiophene rings is 1. The molecular formula is C27H32ClN5O4S2. The third-order valence-electron chi connectivity index (χ3n) is 6.73. The molecule has 1 aliphatic rings. The number of amides is 2. The number of rotatable bonds is 9. The van der Waals surface area contributed by atoms with E-state index in [1.54, 1.807) is 48.4 Å². The highest BCUT2D eigenvalue weighted by Crippen LogP contribution is 2.27. The quantitative estimate of drug-likeness (QED) is 0.396. The van der Waals surface area contributed by atoms with Gasteiger partial charge in [-0.15, -0.1) is 11.3 Å². The summed E-state index contributed by atoms with van der Waals surface area (Å²) in [6.45, 7) is 8.02. The minimum Gasteiger partial charge on any atom is -0.349 e. The number of nitrogens with zero attached hydrogens (tertiary/aromatic N) is 3. The highest BCUT2D eigenvalue weighted by Gasteiger charge is 2.33. The van der Waals surface area contributed by atoms with Gasteiger partial charge in [0.25, 0.3) is 5.91 Å². The number of hydrogen-bond donors (Lipinski definition) is 2. The van der Waals surface area contributed by atoms with Crippen molar-refractivity contribution < 1.29 is 18.0 Å². The second kappa shape index (κ2) is 12.6. The van der Waals surface area contributed by atoms with Crippen molar-refractivity contribution in [2.45, 2.75) is 37.8 Å². The van der Waals surface area contributed by atoms with Gasteiger partial charge in [0, 0.05) is 50.5 Å². The number of carbonyl (C=O) groups excluding carboxylic acids is 2. The fraction of sp³-hybridized carbons (Fsp3) is 0.370. The molecule has 1 fully saturated rings. The molecule has 39 heavy (non-hydrogen) atoms. The van der Waals surface area contributed by atoms with E-state index in [2.05, 4.69) is 33.8 Å². The topological polar surface area (TPSA) is 112 Å². The Bertz CT molecular complexity index is 1420. The van der Waals surface area contributed by atoms with Gasteiger partial charge in [-0.2, -0.15) is 4.72 Å². The molecular weight excluding hydrogens is 558 g/mol. The minimum absolute atomic E-state index is 0.0458. The molecule has 12 heteroatoms. The first kappa shape index (κ1) is 29.2. The zero-order chi connectivity index (χ0) is 28.2. The van der Waals surface area contributed by atoms with E-state index in [0.29, 0.717) is 58.3 Å². The standard InChI is InChI=1S/C27H32ClN5O4S2/c1-18(2)32-13-15-33(16-14-32)27(35)22(17-30-26(34)23-10-11-25(28)38-23)31-39(36,37)24-9-6-7-20(19(24)3)21-8-4-5-12-29-21/h4-12,18,22,31H,13-17H2,1-3H3,(H,30,34)/t22-/m0/s1. The van der Waals surface area contributed by atoms with Crippen LogP contribution >= 0.6 is 22.9 Å². The third kappa shape index (κ3) is 7.03. The normalized spacial score (nSPS) is 15.4. The SMILES string of the molecule is Cc1c(-c2ccccn2)cccc1S(=O)(=O)N[C@@H](CNC(=O)c1ccc(Cl)s1)C(=O)N1CCN(C(C)C)CC1. The second-order valence-corrected chi connectivity index (χ2v) is 13.0. The van der Waals surface area contributed by atoms with Gasteiger partial charge in [0.15, 0.2) is 0 Å². The summed E-state index contributed by atoms with van der Waals surface area (Å²) >= 11 is 7.06. The lowest BCUT2D eigenvalue weighted by Gasteiger charge is -2.38. The average Bonchev–Trinajstić information content (AvgIpc) is 3.37. The van der Waals surface area contributed by atoms with Crippen LogP contribution in [0.3, 0.4) is 0 Å². The summed E-state index contributed by atoms with van der Waals surface area (Å²) in [7, 11) is -4.14. The van der Waals surface area contributed by atoms with Crippen LogP contribution < -0.4 is 10.0 Å². The van der Waals surface area contributed by atoms with Gasteiger partial charge in [-0.1, -0.05) is 29.8 Å². The number of sulfonamides is 1. The van der Waals surface area contributed by atoms with E-state index < -0.39 is 22.0 Å². The number of benzene rings is 1. The van der Waals surface area contributed by atoms with Crippen LogP contribution in [0.1, 0.15) is 29.1 Å². The summed E-state index contributed by atoms with van der Waals surface area (Å²) in [4.78, 5) is 35.0. The minimum atomic E-state index is -4.14. The Labute approximate surface area is 238 Å². The molecule has 2 aromatic heterocycles. The van der Waals surface area contributed by atoms with Gasteiger partial charge in [0.1, 0.15) is 6.04 Å². The fourth-order valence-electron chi connectivity index (χ4n) is 4.53. The number of carbonyl (C=O) groups is 2. The number of piperazine rings is 1. The first-order valence-corrected chi connectivity index (χ1v) is 15.3. The Hall–Kier alpha value is -2.83. The van der Waals surface area contributed by atoms with Crippen molar-refractivity contribution >= 4 is 44.8 Å². The molecule has 0 saturated carbocycles. The van der Waals surface area contributed by atoms with Gasteiger partial charge in [0.2, 0.25) is 15.9 Å². The summed E-state index contributed by atoms with van der Waals surface area (Å²) in [5.74, 6) is -0.813. The molecule has 3 aromatic rings. The molecule has 1 aliphatic heterocycles. The van der Waals surface area contributed by atoms with Crippen LogP contribution in [0.25, 0.3) is 11.3 Å². The zero-order valence-corrected chi connectivity index (χ0v) is 24.4. The van der Waals surface area contributed by atoms with E-state index in [1.165, 1.54) is 6.07 Å². The Morgan fingerprint density at radius 2 is 1.79 bits per heavy atom. The first-order chi connectivity index (χ1) is 18.6. The Kier molecular flexibility index (Phi) is 9.39. The number of halogens is 1. The molecule has 0 aliphatic carbocycles. The maximum atomic E-state index is 13.7. The number of nitrogens with one attached hydrogen (secondary N) is 2. The summed E-state index contributed by atoms with van der Waals surface area (Å²) in [5.41, 5.74) is 1.83. The van der Waals surface area contributed by atoms with Crippen molar-refractivity contribution in [2.24, 2.45) is 0 Å². The van der Waals surface area contributed by atoms with E-state index in [-0.39, 0.29) is 17.3 Å². The summed E-state index contributed by atoms with van der Waals surface area (Å²) < 4.78 is 30.3. The molecule has 208 valence electrons. The molecule has 0 spiro atoms. The number of hydrogen-bond acceptors (Lipinski definition) is 7. The molecule has 0 unspecified atom stereocenters. The lowest BCUT2D eigenvalue weighted by molar-refractivity contribution is -0.134. The van der Waals surface area contributed by atoms with E-state index in [0.717, 1.165) is 11.3 Å². The van der Waals surface area contributed by atoms with Crippen molar-refractivity contribution in [2.75, 3.05) is 32.7 Å². The molecule has 2 N–H and O–H groups in total. The van der Waals surface area contributed by atoms with Gasteiger partial charge >= 0.3 is 0 Å². The molecule has 4 rings (SSSR count). The van der Waals surface area contributed by atoms with Gasteiger partial charge in [-0.05, 0) is 56.7 Å². The summed E-state index contributed by atoms with van der Waals surface area (Å²) in [6, 6.07) is 12.7. The van der Waals surface area contributed by atoms with Crippen molar-refractivity contribution in [1.29, 1.82) is 0 Å². The van der Waals surface area contributed by atoms with Crippen molar-refractivity contribution in [3.8, 4) is 11.3 Å². The largest absolute Gasteiger partial charge is 0.349 e. The first-order valence-electron chi connectivity index (χ1n) is 12.7. The Balaban J connectivity index is 1.58. The molecule has 1 aromatic carbocycles. The van der Waals surface area contributed by atoms with Crippen LogP contribution in [-0.4, -0.2) is 79.8 Å². The molecule has 0 radical (unpaired) electrons. The molecule has 2 amide bonds. The van der Waals surface area contributed by atoms with Gasteiger partial charge in [-0.25, -0.2) is 8.42 Å². The Morgan fingerprint density at radius 3 is 2.41 bits per heavy atom. The predicted molar refractivity (Wildman–Crippen MR) is 153 cm³/mol. The lowest BCUT2D eigenvalue weighted by atomic mass is 10.1. The van der Waals surface area contributed by atoms with E-state index in [4.69, 9.17) is 11.6 Å². The molecule has 1 atom stereocenters. The maximum absolute atomic E-state index is 13.7. The molecule has 9 nitrogen and oxygen atoms in total. The van der Waals surface area contributed by atoms with Gasteiger partial charge in [-0.3, -0.25) is 19.5 Å². The molecule has 1 saturated heterocycles. The fourth-order valence-corrected chi connectivity index (χ4v) is 6.95. The van der Waals surface area contributed by atoms with Crippen molar-refractivity contribution in [3.05, 3.63) is 69.5 Å². The Morgan fingerprint density at radius 1 is 1.05 bits per heavy atom. The predicted octanol–water partition coefficient (Wildman–Crippen LogP) is 3.40. The summed E-state index contributed by atoms with van der Waals surface area (Å²) in [5, 5.41) is 2.70. The highest BCUT2D eigenvalue weighted by molar-refractivity contribution is 7.89. The monoisotopic (exact) mass is 589 g/mol. The number of aromatic nitrogens is 1. The van der Waals surface area contributed by atoms with Crippen LogP contribution in [0.4, 0.5) is 0 Å². The van der Waals surface area contributed by atoms with Crippen molar-refractivity contribution in [3.63, 3.8) is 0 Å². The van der Waals surface area contributed by atoms with Crippen LogP contribution in [0.5, 0.6) is 0 Å². The number of pyridine rings is 1. The van der Waals surface area contributed by atoms with Crippen LogP contribution in [-0.2, 0) is 14.8 Å². The smallest absolute Gasteiger partial charge is 0.261 e. The summed E-state index contributed by atoms with van der Waals surface area (Å²) in [6.07, 6.45) is 1.64. The third-order valence-corrected chi connectivity index (χ3v) is 9.58. The molecule has 0 bridgehead atoms. The van der Waals surface area contributed by atoms with E-state index >= 15 is 0 Å². The average molecular weight is 590 g/mol. The van der Waals surface area contributed by atoms with Crippen molar-refractivity contribution in [1.82, 2.24) is 24.8 Å². The highest BCUT2D eigenvalue weighted by atomic mass is 35.5. The van der Waals surface area contributed by atoms with Gasteiger partial charge < -0.3 is 10.2 Å². The second-order valence-electron chi connectivity index (χ2n) is 9.59. The van der Waals surface area contributed by atoms with Crippen LogP contribution in [0.2, 0.25) is 4.34 Å². The van der Waals surface area contributed by atoms with Crippen LogP contribution in [0, 0.1) is 6.92 Å². The zero-order valence-electron chi connectivity index (χ0n) is 22.1. The van der Waals surface area contributed by atoms with E-state index in [9.17, 15) is 18.0 Å². The lowest BCUT2D eigenvalue weighted by Crippen LogP contribution is -2.58.